The van der Waals surface area contributed by atoms with E-state index < -0.39 is 0 Å². The highest BCUT2D eigenvalue weighted by Gasteiger charge is 2.07. The number of halogens is 1. The van der Waals surface area contributed by atoms with Crippen LogP contribution in [0.5, 0.6) is 5.75 Å². The maximum atomic E-state index is 5.54. The summed E-state index contributed by atoms with van der Waals surface area (Å²) in [7, 11) is 3.48. The van der Waals surface area contributed by atoms with Gasteiger partial charge >= 0.3 is 0 Å². The Morgan fingerprint density at radius 1 is 1.12 bits per heavy atom. The molecule has 0 radical (unpaired) electrons. The minimum Gasteiger partial charge on any atom is -0.496 e. The average Bonchev–Trinajstić information content (AvgIpc) is 2.88. The minimum atomic E-state index is 0. The number of hydrogen-bond donors (Lipinski definition) is 2. The fraction of sp³-hybridized carbons (Fsp3) is 0.421. The van der Waals surface area contributed by atoms with Crippen molar-refractivity contribution in [1.82, 2.24) is 10.6 Å². The van der Waals surface area contributed by atoms with Crippen molar-refractivity contribution in [3.8, 4) is 5.75 Å². The van der Waals surface area contributed by atoms with Crippen LogP contribution in [0.3, 0.4) is 0 Å². The second-order valence-corrected chi connectivity index (χ2v) is 5.86. The molecule has 0 saturated heterocycles. The highest BCUT2D eigenvalue weighted by Crippen LogP contribution is 2.19. The molecule has 5 nitrogen and oxygen atoms in total. The first kappa shape index (κ1) is 21.3. The van der Waals surface area contributed by atoms with E-state index in [0.29, 0.717) is 6.54 Å². The van der Waals surface area contributed by atoms with Gasteiger partial charge < -0.3 is 19.8 Å². The third-order valence-electron chi connectivity index (χ3n) is 3.94. The predicted octanol–water partition coefficient (Wildman–Crippen LogP) is 3.74. The summed E-state index contributed by atoms with van der Waals surface area (Å²) in [5.41, 5.74) is 3.58. The molecule has 138 valence electrons. The van der Waals surface area contributed by atoms with Crippen LogP contribution in [0.25, 0.3) is 0 Å². The molecule has 1 aromatic carbocycles. The normalized spacial score (nSPS) is 11.0. The van der Waals surface area contributed by atoms with E-state index in [4.69, 9.17) is 9.15 Å². The molecular formula is C19H28IN3O2. The Morgan fingerprint density at radius 3 is 2.48 bits per heavy atom. The molecule has 6 heteroatoms. The number of nitrogens with one attached hydrogen (secondary N) is 2. The Balaban J connectivity index is 0.00000312. The second-order valence-electron chi connectivity index (χ2n) is 5.86. The number of aryl methyl sites for hydroxylation is 3. The smallest absolute Gasteiger partial charge is 0.191 e. The lowest BCUT2D eigenvalue weighted by Crippen LogP contribution is -2.37. The summed E-state index contributed by atoms with van der Waals surface area (Å²) in [5, 5.41) is 6.65. The summed E-state index contributed by atoms with van der Waals surface area (Å²) >= 11 is 0. The molecule has 0 fully saturated rings. The molecule has 0 aliphatic rings. The molecule has 0 unspecified atom stereocenters. The molecule has 0 aliphatic heterocycles. The maximum Gasteiger partial charge on any atom is 0.191 e. The Morgan fingerprint density at radius 2 is 1.88 bits per heavy atom. The number of nitrogens with zero attached hydrogens (tertiary/aromatic N) is 1. The zero-order valence-electron chi connectivity index (χ0n) is 15.6. The highest BCUT2D eigenvalue weighted by molar-refractivity contribution is 14.0. The van der Waals surface area contributed by atoms with Crippen molar-refractivity contribution in [2.24, 2.45) is 4.99 Å². The third kappa shape index (κ3) is 6.26. The van der Waals surface area contributed by atoms with E-state index in [1.807, 2.05) is 26.0 Å². The highest BCUT2D eigenvalue weighted by atomic mass is 127. The average molecular weight is 457 g/mol. The number of hydrogen-bond acceptors (Lipinski definition) is 3. The van der Waals surface area contributed by atoms with Gasteiger partial charge in [0.1, 0.15) is 17.3 Å². The van der Waals surface area contributed by atoms with Gasteiger partial charge in [-0.25, -0.2) is 0 Å². The van der Waals surface area contributed by atoms with Crippen molar-refractivity contribution < 1.29 is 9.15 Å². The van der Waals surface area contributed by atoms with Gasteiger partial charge in [0.05, 0.1) is 7.11 Å². The van der Waals surface area contributed by atoms with Crippen LogP contribution in [-0.4, -0.2) is 26.7 Å². The first-order chi connectivity index (χ1) is 11.5. The number of ether oxygens (including phenoxy) is 1. The van der Waals surface area contributed by atoms with Crippen LogP contribution >= 0.6 is 24.0 Å². The van der Waals surface area contributed by atoms with Crippen LogP contribution in [-0.2, 0) is 13.0 Å². The van der Waals surface area contributed by atoms with Gasteiger partial charge in [-0.3, -0.25) is 4.99 Å². The first-order valence-corrected chi connectivity index (χ1v) is 8.17. The lowest BCUT2D eigenvalue weighted by molar-refractivity contribution is 0.409. The fourth-order valence-corrected chi connectivity index (χ4v) is 2.68. The first-order valence-electron chi connectivity index (χ1n) is 8.17. The number of aliphatic imine (C=N–C) groups is 1. The van der Waals surface area contributed by atoms with Gasteiger partial charge in [0.25, 0.3) is 0 Å². The lowest BCUT2D eigenvalue weighted by Gasteiger charge is -2.13. The van der Waals surface area contributed by atoms with Gasteiger partial charge in [-0.1, -0.05) is 17.7 Å². The molecule has 1 aromatic heterocycles. The van der Waals surface area contributed by atoms with Crippen LogP contribution in [0.1, 0.15) is 28.2 Å². The summed E-state index contributed by atoms with van der Waals surface area (Å²) in [6.45, 7) is 7.49. The number of methoxy groups -OCH3 is 1. The maximum absolute atomic E-state index is 5.54. The molecule has 0 bridgehead atoms. The van der Waals surface area contributed by atoms with Gasteiger partial charge in [0, 0.05) is 25.7 Å². The van der Waals surface area contributed by atoms with Gasteiger partial charge in [-0.05, 0) is 44.9 Å². The fourth-order valence-electron chi connectivity index (χ4n) is 2.68. The number of furan rings is 1. The van der Waals surface area contributed by atoms with Gasteiger partial charge in [-0.2, -0.15) is 0 Å². The molecule has 0 amide bonds. The number of rotatable bonds is 6. The molecule has 25 heavy (non-hydrogen) atoms. The molecule has 2 rings (SSSR count). The van der Waals surface area contributed by atoms with E-state index in [-0.39, 0.29) is 24.0 Å². The van der Waals surface area contributed by atoms with Crippen LogP contribution in [0.4, 0.5) is 0 Å². The van der Waals surface area contributed by atoms with Crippen molar-refractivity contribution in [1.29, 1.82) is 0 Å². The third-order valence-corrected chi connectivity index (χ3v) is 3.94. The van der Waals surface area contributed by atoms with E-state index in [1.165, 1.54) is 11.1 Å². The quantitative estimate of drug-likeness (QED) is 0.394. The molecule has 0 atom stereocenters. The standard InChI is InChI=1S/C19H27N3O2.HI/c1-13-6-7-18(23-5)16(10-13)8-9-21-19(20-4)22-12-17-11-14(2)24-15(17)3;/h6-7,10-11H,8-9,12H2,1-5H3,(H2,20,21,22);1H. The van der Waals surface area contributed by atoms with Crippen LogP contribution < -0.4 is 15.4 Å². The molecule has 0 aliphatic carbocycles. The second kappa shape index (κ2) is 10.3. The minimum absolute atomic E-state index is 0. The zero-order valence-corrected chi connectivity index (χ0v) is 17.9. The van der Waals surface area contributed by atoms with Crippen LogP contribution in [0.15, 0.2) is 33.7 Å². The summed E-state index contributed by atoms with van der Waals surface area (Å²) in [6.07, 6.45) is 0.870. The zero-order chi connectivity index (χ0) is 17.5. The molecule has 0 spiro atoms. The van der Waals surface area contributed by atoms with E-state index in [2.05, 4.69) is 34.7 Å². The Bertz CT molecular complexity index is 711. The summed E-state index contributed by atoms with van der Waals surface area (Å²) < 4.78 is 11.0. The number of guanidine groups is 1. The van der Waals surface area contributed by atoms with Gasteiger partial charge in [0.15, 0.2) is 5.96 Å². The van der Waals surface area contributed by atoms with Crippen molar-refractivity contribution in [2.45, 2.75) is 33.7 Å². The van der Waals surface area contributed by atoms with E-state index in [9.17, 15) is 0 Å². The Labute approximate surface area is 167 Å². The van der Waals surface area contributed by atoms with Gasteiger partial charge in [-0.15, -0.1) is 24.0 Å². The molecule has 2 aromatic rings. The molecular weight excluding hydrogens is 429 g/mol. The predicted molar refractivity (Wildman–Crippen MR) is 113 cm³/mol. The van der Waals surface area contributed by atoms with Crippen LogP contribution in [0.2, 0.25) is 0 Å². The SMILES string of the molecule is CN=C(NCCc1cc(C)ccc1OC)NCc1cc(C)oc1C.I. The Hall–Kier alpha value is -1.70. The van der Waals surface area contributed by atoms with E-state index in [0.717, 1.165) is 41.8 Å². The monoisotopic (exact) mass is 457 g/mol. The Kier molecular flexibility index (Phi) is 8.82. The topological polar surface area (TPSA) is 58.8 Å². The van der Waals surface area contributed by atoms with Crippen molar-refractivity contribution >= 4 is 29.9 Å². The van der Waals surface area contributed by atoms with E-state index in [1.54, 1.807) is 14.2 Å². The largest absolute Gasteiger partial charge is 0.496 e. The lowest BCUT2D eigenvalue weighted by atomic mass is 10.1. The molecule has 2 N–H and O–H groups in total. The summed E-state index contributed by atoms with van der Waals surface area (Å²) in [4.78, 5) is 4.26. The molecule has 1 heterocycles. The van der Waals surface area contributed by atoms with Crippen molar-refractivity contribution in [3.05, 3.63) is 52.5 Å². The van der Waals surface area contributed by atoms with Crippen molar-refractivity contribution in [2.75, 3.05) is 20.7 Å². The summed E-state index contributed by atoms with van der Waals surface area (Å²) in [6, 6.07) is 8.29. The molecule has 0 saturated carbocycles. The van der Waals surface area contributed by atoms with Gasteiger partial charge in [0.2, 0.25) is 0 Å². The summed E-state index contributed by atoms with van der Waals surface area (Å²) in [5.74, 6) is 3.58. The van der Waals surface area contributed by atoms with Crippen LogP contribution in [0, 0.1) is 20.8 Å². The van der Waals surface area contributed by atoms with Crippen molar-refractivity contribution in [3.63, 3.8) is 0 Å². The van der Waals surface area contributed by atoms with E-state index >= 15 is 0 Å². The number of benzene rings is 1.